The monoisotopic (exact) mass is 258 g/mol. The van der Waals surface area contributed by atoms with Crippen LogP contribution in [-0.2, 0) is 0 Å². The molecule has 0 bridgehead atoms. The standard InChI is InChI=1S/C12H10N4O3/c17-9-3-1-8(2-4-9)5-15-16-12(19)10-6-13-7-14-11(10)18/h1-7,17H,(H,16,19)(H,13,14,18)/b15-5-. The van der Waals surface area contributed by atoms with E-state index in [9.17, 15) is 9.59 Å². The van der Waals surface area contributed by atoms with Gasteiger partial charge in [-0.25, -0.2) is 10.4 Å². The maximum absolute atomic E-state index is 11.6. The van der Waals surface area contributed by atoms with E-state index in [0.717, 1.165) is 6.20 Å². The Labute approximate surface area is 107 Å². The Kier molecular flexibility index (Phi) is 3.67. The molecule has 0 radical (unpaired) electrons. The molecule has 1 amide bonds. The molecule has 0 aliphatic carbocycles. The van der Waals surface area contributed by atoms with E-state index in [2.05, 4.69) is 20.5 Å². The summed E-state index contributed by atoms with van der Waals surface area (Å²) in [5.41, 5.74) is 2.25. The second-order valence-corrected chi connectivity index (χ2v) is 3.59. The molecule has 0 atom stereocenters. The van der Waals surface area contributed by atoms with Crippen molar-refractivity contribution in [2.45, 2.75) is 0 Å². The number of hydrazone groups is 1. The Bertz CT molecular complexity index is 661. The first-order valence-corrected chi connectivity index (χ1v) is 5.32. The molecule has 0 fully saturated rings. The van der Waals surface area contributed by atoms with Crippen LogP contribution >= 0.6 is 0 Å². The number of rotatable bonds is 3. The third-order valence-electron chi connectivity index (χ3n) is 2.24. The van der Waals surface area contributed by atoms with Gasteiger partial charge in [0.15, 0.2) is 0 Å². The normalized spacial score (nSPS) is 10.5. The van der Waals surface area contributed by atoms with Gasteiger partial charge in [0.05, 0.1) is 12.5 Å². The SMILES string of the molecule is O=C(N/N=C\c1ccc(O)cc1)c1cnc[nH]c1=O. The lowest BCUT2D eigenvalue weighted by molar-refractivity contribution is 0.0953. The Morgan fingerprint density at radius 1 is 1.37 bits per heavy atom. The van der Waals surface area contributed by atoms with Crippen LogP contribution in [0.25, 0.3) is 0 Å². The molecule has 0 spiro atoms. The molecule has 2 aromatic rings. The fraction of sp³-hybridized carbons (Fsp3) is 0. The largest absolute Gasteiger partial charge is 0.508 e. The van der Waals surface area contributed by atoms with Crippen molar-refractivity contribution in [1.82, 2.24) is 15.4 Å². The Morgan fingerprint density at radius 3 is 2.79 bits per heavy atom. The summed E-state index contributed by atoms with van der Waals surface area (Å²) in [7, 11) is 0. The predicted molar refractivity (Wildman–Crippen MR) is 68.0 cm³/mol. The molecule has 2 rings (SSSR count). The van der Waals surface area contributed by atoms with Crippen molar-refractivity contribution in [1.29, 1.82) is 0 Å². The first kappa shape index (κ1) is 12.5. The maximum Gasteiger partial charge on any atom is 0.278 e. The Morgan fingerprint density at radius 2 is 2.11 bits per heavy atom. The molecule has 1 aromatic heterocycles. The van der Waals surface area contributed by atoms with Gasteiger partial charge >= 0.3 is 0 Å². The van der Waals surface area contributed by atoms with E-state index in [1.165, 1.54) is 24.7 Å². The van der Waals surface area contributed by atoms with Crippen LogP contribution in [0.2, 0.25) is 0 Å². The third-order valence-corrected chi connectivity index (χ3v) is 2.24. The first-order chi connectivity index (χ1) is 9.16. The summed E-state index contributed by atoms with van der Waals surface area (Å²) in [6.07, 6.45) is 3.74. The molecule has 1 aromatic carbocycles. The lowest BCUT2D eigenvalue weighted by Gasteiger charge is -1.97. The zero-order valence-electron chi connectivity index (χ0n) is 9.70. The molecule has 0 saturated carbocycles. The fourth-order valence-corrected chi connectivity index (χ4v) is 1.29. The number of hydrogen-bond donors (Lipinski definition) is 3. The number of nitrogens with zero attached hydrogens (tertiary/aromatic N) is 2. The van der Waals surface area contributed by atoms with Gasteiger partial charge in [0, 0.05) is 6.20 Å². The molecule has 96 valence electrons. The highest BCUT2D eigenvalue weighted by Crippen LogP contribution is 2.07. The molecular formula is C12H10N4O3. The average Bonchev–Trinajstić information content (AvgIpc) is 2.41. The smallest absolute Gasteiger partial charge is 0.278 e. The number of aromatic amines is 1. The number of carbonyl (C=O) groups excluding carboxylic acids is 1. The highest BCUT2D eigenvalue weighted by molar-refractivity contribution is 5.94. The van der Waals surface area contributed by atoms with Gasteiger partial charge in [0.2, 0.25) is 0 Å². The minimum Gasteiger partial charge on any atom is -0.508 e. The lowest BCUT2D eigenvalue weighted by Crippen LogP contribution is -2.26. The minimum absolute atomic E-state index is 0.120. The van der Waals surface area contributed by atoms with Crippen LogP contribution < -0.4 is 11.0 Å². The molecule has 0 aliphatic heterocycles. The molecular weight excluding hydrogens is 248 g/mol. The topological polar surface area (TPSA) is 107 Å². The molecule has 1 heterocycles. The molecule has 19 heavy (non-hydrogen) atoms. The van der Waals surface area contributed by atoms with E-state index in [1.54, 1.807) is 12.1 Å². The summed E-state index contributed by atoms with van der Waals surface area (Å²) in [5.74, 6) is -0.507. The van der Waals surface area contributed by atoms with Gasteiger partial charge < -0.3 is 10.1 Å². The number of nitrogens with one attached hydrogen (secondary N) is 2. The number of benzene rings is 1. The van der Waals surface area contributed by atoms with Gasteiger partial charge in [-0.1, -0.05) is 0 Å². The van der Waals surface area contributed by atoms with Gasteiger partial charge in [-0.15, -0.1) is 0 Å². The van der Waals surface area contributed by atoms with Crippen molar-refractivity contribution in [3.8, 4) is 5.75 Å². The number of aromatic hydroxyl groups is 1. The summed E-state index contributed by atoms with van der Waals surface area (Å²) >= 11 is 0. The van der Waals surface area contributed by atoms with Crippen LogP contribution in [0.1, 0.15) is 15.9 Å². The zero-order chi connectivity index (χ0) is 13.7. The quantitative estimate of drug-likeness (QED) is 0.541. The van der Waals surface area contributed by atoms with E-state index in [4.69, 9.17) is 5.11 Å². The fourth-order valence-electron chi connectivity index (χ4n) is 1.29. The van der Waals surface area contributed by atoms with E-state index in [-0.39, 0.29) is 11.3 Å². The van der Waals surface area contributed by atoms with Crippen molar-refractivity contribution in [3.63, 3.8) is 0 Å². The van der Waals surface area contributed by atoms with Gasteiger partial charge in [-0.3, -0.25) is 9.59 Å². The molecule has 0 unspecified atom stereocenters. The zero-order valence-corrected chi connectivity index (χ0v) is 9.70. The van der Waals surface area contributed by atoms with Crippen molar-refractivity contribution >= 4 is 12.1 Å². The van der Waals surface area contributed by atoms with E-state index < -0.39 is 11.5 Å². The minimum atomic E-state index is -0.649. The number of hydrogen-bond acceptors (Lipinski definition) is 5. The summed E-state index contributed by atoms with van der Waals surface area (Å²) in [6.45, 7) is 0. The molecule has 3 N–H and O–H groups in total. The van der Waals surface area contributed by atoms with Gasteiger partial charge in [0.1, 0.15) is 11.3 Å². The predicted octanol–water partition coefficient (Wildman–Crippen LogP) is 0.239. The third kappa shape index (κ3) is 3.25. The first-order valence-electron chi connectivity index (χ1n) is 5.32. The second kappa shape index (κ2) is 5.58. The van der Waals surface area contributed by atoms with Crippen molar-refractivity contribution in [2.24, 2.45) is 5.10 Å². The highest BCUT2D eigenvalue weighted by Gasteiger charge is 2.08. The molecule has 0 aliphatic rings. The number of phenolic OH excluding ortho intramolecular Hbond substituents is 1. The van der Waals surface area contributed by atoms with Gasteiger partial charge in [0.25, 0.3) is 11.5 Å². The number of aromatic nitrogens is 2. The number of amides is 1. The van der Waals surface area contributed by atoms with Gasteiger partial charge in [-0.2, -0.15) is 5.10 Å². The van der Waals surface area contributed by atoms with Crippen molar-refractivity contribution in [2.75, 3.05) is 0 Å². The van der Waals surface area contributed by atoms with Crippen LogP contribution in [0.3, 0.4) is 0 Å². The maximum atomic E-state index is 11.6. The molecule has 7 heteroatoms. The number of H-pyrrole nitrogens is 1. The van der Waals surface area contributed by atoms with Gasteiger partial charge in [-0.05, 0) is 29.8 Å². The number of carbonyl (C=O) groups is 1. The van der Waals surface area contributed by atoms with E-state index in [0.29, 0.717) is 5.56 Å². The highest BCUT2D eigenvalue weighted by atomic mass is 16.3. The van der Waals surface area contributed by atoms with E-state index in [1.807, 2.05) is 0 Å². The van der Waals surface area contributed by atoms with Crippen LogP contribution in [0, 0.1) is 0 Å². The Hall–Kier alpha value is -2.96. The number of phenols is 1. The van der Waals surface area contributed by atoms with Crippen LogP contribution in [-0.4, -0.2) is 27.2 Å². The summed E-state index contributed by atoms with van der Waals surface area (Å²) < 4.78 is 0. The lowest BCUT2D eigenvalue weighted by atomic mass is 10.2. The summed E-state index contributed by atoms with van der Waals surface area (Å²) in [5, 5.41) is 12.8. The van der Waals surface area contributed by atoms with E-state index >= 15 is 0 Å². The average molecular weight is 258 g/mol. The summed E-state index contributed by atoms with van der Waals surface area (Å²) in [4.78, 5) is 28.8. The molecule has 7 nitrogen and oxygen atoms in total. The van der Waals surface area contributed by atoms with Crippen LogP contribution in [0.4, 0.5) is 0 Å². The van der Waals surface area contributed by atoms with Crippen molar-refractivity contribution < 1.29 is 9.90 Å². The second-order valence-electron chi connectivity index (χ2n) is 3.59. The van der Waals surface area contributed by atoms with Crippen LogP contribution in [0.5, 0.6) is 5.75 Å². The van der Waals surface area contributed by atoms with Crippen molar-refractivity contribution in [3.05, 3.63) is 58.3 Å². The van der Waals surface area contributed by atoms with Crippen LogP contribution in [0.15, 0.2) is 46.7 Å². The molecule has 0 saturated heterocycles. The summed E-state index contributed by atoms with van der Waals surface area (Å²) in [6, 6.07) is 6.24. The Balaban J connectivity index is 2.03.